The van der Waals surface area contributed by atoms with Crippen molar-refractivity contribution in [3.63, 3.8) is 0 Å². The summed E-state index contributed by atoms with van der Waals surface area (Å²) in [5.74, 6) is -0.247. The molecule has 1 aliphatic carbocycles. The Balaban J connectivity index is 2.55. The topological polar surface area (TPSA) is 35.5 Å². The van der Waals surface area contributed by atoms with E-state index in [9.17, 15) is 4.79 Å². The van der Waals surface area contributed by atoms with E-state index in [0.29, 0.717) is 18.8 Å². The van der Waals surface area contributed by atoms with Gasteiger partial charge in [0, 0.05) is 0 Å². The molecule has 16 heavy (non-hydrogen) atoms. The highest BCUT2D eigenvalue weighted by Crippen LogP contribution is 2.22. The fourth-order valence-electron chi connectivity index (χ4n) is 1.41. The molecule has 0 unspecified atom stereocenters. The van der Waals surface area contributed by atoms with E-state index < -0.39 is 0 Å². The predicted octanol–water partition coefficient (Wildman–Crippen LogP) is 2.62. The number of hydrogen-bond acceptors (Lipinski definition) is 3. The average Bonchev–Trinajstić information content (AvgIpc) is 2.61. The molecule has 1 rings (SSSR count). The number of allylic oxidation sites excluding steroid dienone is 2. The maximum absolute atomic E-state index is 11.6. The monoisotopic (exact) mass is 224 g/mol. The number of esters is 1. The molecule has 0 radical (unpaired) electrons. The largest absolute Gasteiger partial charge is 0.462 e. The van der Waals surface area contributed by atoms with Gasteiger partial charge in [-0.3, -0.25) is 0 Å². The molecular formula is C13H20O3. The standard InChI is InChI=1S/C13H20O3/c1-5-15-12(14)11-8-6-7-10(11)9-16-13(2,3)4/h7-8H,5-6,9H2,1-4H3. The molecule has 0 saturated carbocycles. The van der Waals surface area contributed by atoms with Crippen LogP contribution in [0.5, 0.6) is 0 Å². The lowest BCUT2D eigenvalue weighted by atomic mass is 10.1. The molecule has 0 atom stereocenters. The predicted molar refractivity (Wildman–Crippen MR) is 63.1 cm³/mol. The molecule has 0 spiro atoms. The van der Waals surface area contributed by atoms with E-state index in [4.69, 9.17) is 9.47 Å². The van der Waals surface area contributed by atoms with Gasteiger partial charge in [0.1, 0.15) is 0 Å². The minimum atomic E-state index is -0.247. The van der Waals surface area contributed by atoms with Crippen LogP contribution in [0.15, 0.2) is 23.3 Å². The Morgan fingerprint density at radius 2 is 2.06 bits per heavy atom. The van der Waals surface area contributed by atoms with Crippen LogP contribution in [-0.2, 0) is 14.3 Å². The maximum atomic E-state index is 11.6. The normalized spacial score (nSPS) is 15.8. The summed E-state index contributed by atoms with van der Waals surface area (Å²) in [6.07, 6.45) is 4.69. The Kier molecular flexibility index (Phi) is 4.30. The Labute approximate surface area is 97.1 Å². The summed E-state index contributed by atoms with van der Waals surface area (Å²) in [4.78, 5) is 11.6. The molecule has 0 N–H and O–H groups in total. The number of hydrogen-bond donors (Lipinski definition) is 0. The Morgan fingerprint density at radius 1 is 1.38 bits per heavy atom. The van der Waals surface area contributed by atoms with Gasteiger partial charge in [0.25, 0.3) is 0 Å². The molecule has 0 aromatic rings. The van der Waals surface area contributed by atoms with Gasteiger partial charge in [-0.05, 0) is 39.7 Å². The fraction of sp³-hybridized carbons (Fsp3) is 0.615. The molecule has 0 bridgehead atoms. The van der Waals surface area contributed by atoms with E-state index in [1.807, 2.05) is 39.8 Å². The third-order valence-corrected chi connectivity index (χ3v) is 2.19. The maximum Gasteiger partial charge on any atom is 0.338 e. The van der Waals surface area contributed by atoms with E-state index in [-0.39, 0.29) is 11.6 Å². The van der Waals surface area contributed by atoms with Crippen LogP contribution >= 0.6 is 0 Å². The van der Waals surface area contributed by atoms with E-state index in [2.05, 4.69) is 0 Å². The van der Waals surface area contributed by atoms with Crippen molar-refractivity contribution in [2.24, 2.45) is 0 Å². The first kappa shape index (κ1) is 13.0. The summed E-state index contributed by atoms with van der Waals surface area (Å²) in [5, 5.41) is 0. The van der Waals surface area contributed by atoms with Crippen molar-refractivity contribution in [2.45, 2.75) is 39.7 Å². The lowest BCUT2D eigenvalue weighted by Crippen LogP contribution is -2.21. The van der Waals surface area contributed by atoms with Gasteiger partial charge >= 0.3 is 5.97 Å². The smallest absolute Gasteiger partial charge is 0.338 e. The molecule has 0 saturated heterocycles. The Hall–Kier alpha value is -1.09. The van der Waals surface area contributed by atoms with Crippen LogP contribution in [0.25, 0.3) is 0 Å². The number of rotatable bonds is 4. The lowest BCUT2D eigenvalue weighted by Gasteiger charge is -2.20. The zero-order valence-corrected chi connectivity index (χ0v) is 10.5. The second-order valence-corrected chi connectivity index (χ2v) is 4.70. The highest BCUT2D eigenvalue weighted by Gasteiger charge is 2.20. The van der Waals surface area contributed by atoms with Crippen LogP contribution in [0, 0.1) is 0 Å². The average molecular weight is 224 g/mol. The van der Waals surface area contributed by atoms with Crippen molar-refractivity contribution in [2.75, 3.05) is 13.2 Å². The second-order valence-electron chi connectivity index (χ2n) is 4.70. The zero-order valence-electron chi connectivity index (χ0n) is 10.5. The van der Waals surface area contributed by atoms with E-state index in [1.165, 1.54) is 0 Å². The molecule has 0 aliphatic heterocycles. The van der Waals surface area contributed by atoms with Crippen LogP contribution in [0.1, 0.15) is 34.1 Å². The van der Waals surface area contributed by atoms with Crippen LogP contribution < -0.4 is 0 Å². The quantitative estimate of drug-likeness (QED) is 0.689. The van der Waals surface area contributed by atoms with Crippen LogP contribution in [0.3, 0.4) is 0 Å². The molecule has 0 aromatic heterocycles. The van der Waals surface area contributed by atoms with Crippen molar-refractivity contribution in [3.05, 3.63) is 23.3 Å². The van der Waals surface area contributed by atoms with Crippen LogP contribution in [-0.4, -0.2) is 24.8 Å². The van der Waals surface area contributed by atoms with Crippen molar-refractivity contribution >= 4 is 5.97 Å². The van der Waals surface area contributed by atoms with E-state index in [1.54, 1.807) is 0 Å². The molecule has 0 aromatic carbocycles. The van der Waals surface area contributed by atoms with E-state index >= 15 is 0 Å². The Bertz CT molecular complexity index is 319. The molecule has 0 fully saturated rings. The molecule has 3 heteroatoms. The summed E-state index contributed by atoms with van der Waals surface area (Å²) in [6, 6.07) is 0. The summed E-state index contributed by atoms with van der Waals surface area (Å²) < 4.78 is 10.6. The summed E-state index contributed by atoms with van der Waals surface area (Å²) in [7, 11) is 0. The molecule has 3 nitrogen and oxygen atoms in total. The Morgan fingerprint density at radius 3 is 2.62 bits per heavy atom. The number of carbonyl (C=O) groups is 1. The third kappa shape index (κ3) is 3.81. The lowest BCUT2D eigenvalue weighted by molar-refractivity contribution is -0.138. The van der Waals surface area contributed by atoms with Crippen LogP contribution in [0.2, 0.25) is 0 Å². The number of ether oxygens (including phenoxy) is 2. The van der Waals surface area contributed by atoms with Crippen molar-refractivity contribution in [3.8, 4) is 0 Å². The summed E-state index contributed by atoms with van der Waals surface area (Å²) in [6.45, 7) is 8.67. The zero-order chi connectivity index (χ0) is 12.2. The summed E-state index contributed by atoms with van der Waals surface area (Å²) in [5.41, 5.74) is 1.41. The minimum Gasteiger partial charge on any atom is -0.462 e. The SMILES string of the molecule is CCOC(=O)C1=CCC=C1COC(C)(C)C. The van der Waals surface area contributed by atoms with Gasteiger partial charge in [-0.15, -0.1) is 0 Å². The third-order valence-electron chi connectivity index (χ3n) is 2.19. The second kappa shape index (κ2) is 5.30. The molecule has 0 amide bonds. The van der Waals surface area contributed by atoms with Gasteiger partial charge in [0.2, 0.25) is 0 Å². The molecular weight excluding hydrogens is 204 g/mol. The first-order valence-electron chi connectivity index (χ1n) is 5.64. The first-order valence-corrected chi connectivity index (χ1v) is 5.64. The first-order chi connectivity index (χ1) is 7.44. The van der Waals surface area contributed by atoms with Gasteiger partial charge in [-0.2, -0.15) is 0 Å². The van der Waals surface area contributed by atoms with Crippen molar-refractivity contribution in [1.82, 2.24) is 0 Å². The van der Waals surface area contributed by atoms with Gasteiger partial charge < -0.3 is 9.47 Å². The van der Waals surface area contributed by atoms with Crippen LogP contribution in [0.4, 0.5) is 0 Å². The molecule has 1 aliphatic rings. The van der Waals surface area contributed by atoms with Crippen molar-refractivity contribution < 1.29 is 14.3 Å². The van der Waals surface area contributed by atoms with Gasteiger partial charge in [-0.25, -0.2) is 4.79 Å². The fourth-order valence-corrected chi connectivity index (χ4v) is 1.41. The highest BCUT2D eigenvalue weighted by atomic mass is 16.5. The van der Waals surface area contributed by atoms with Crippen molar-refractivity contribution in [1.29, 1.82) is 0 Å². The summed E-state index contributed by atoms with van der Waals surface area (Å²) >= 11 is 0. The van der Waals surface area contributed by atoms with Gasteiger partial charge in [-0.1, -0.05) is 12.2 Å². The molecule has 0 heterocycles. The number of carbonyl (C=O) groups excluding carboxylic acids is 1. The minimum absolute atomic E-state index is 0.191. The van der Waals surface area contributed by atoms with Gasteiger partial charge in [0.15, 0.2) is 0 Å². The van der Waals surface area contributed by atoms with Gasteiger partial charge in [0.05, 0.1) is 24.4 Å². The highest BCUT2D eigenvalue weighted by molar-refractivity contribution is 5.94. The molecule has 90 valence electrons. The van der Waals surface area contributed by atoms with E-state index in [0.717, 1.165) is 12.0 Å².